The molecular formula is C24H33IN2O6S. The Labute approximate surface area is 218 Å². The van der Waals surface area contributed by atoms with Crippen molar-refractivity contribution in [3.8, 4) is 17.6 Å². The van der Waals surface area contributed by atoms with Gasteiger partial charge in [-0.2, -0.15) is 5.26 Å². The predicted octanol–water partition coefficient (Wildman–Crippen LogP) is 5.50. The zero-order chi connectivity index (χ0) is 25.3. The van der Waals surface area contributed by atoms with Gasteiger partial charge in [0.15, 0.2) is 5.54 Å². The molecule has 1 atom stereocenters. The van der Waals surface area contributed by atoms with Crippen molar-refractivity contribution in [2.75, 3.05) is 32.7 Å². The highest BCUT2D eigenvalue weighted by Crippen LogP contribution is 2.43. The molecule has 0 fully saturated rings. The fraction of sp³-hybridized carbons (Fsp3) is 0.583. The zero-order valence-corrected chi connectivity index (χ0v) is 23.6. The fourth-order valence-electron chi connectivity index (χ4n) is 3.94. The lowest BCUT2D eigenvalue weighted by atomic mass is 9.92. The second kappa shape index (κ2) is 13.5. The van der Waals surface area contributed by atoms with Crippen molar-refractivity contribution < 1.29 is 28.7 Å². The normalized spacial score (nSPS) is 15.0. The molecule has 0 radical (unpaired) electrons. The molecule has 0 N–H and O–H groups in total. The topological polar surface area (TPSA) is 90.3 Å². The molecule has 1 aliphatic heterocycles. The van der Waals surface area contributed by atoms with E-state index in [1.54, 1.807) is 23.0 Å². The summed E-state index contributed by atoms with van der Waals surface area (Å²) in [6.45, 7) is 10.8. The summed E-state index contributed by atoms with van der Waals surface area (Å²) >= 11 is 2.22. The molecule has 0 saturated carbocycles. The molecule has 0 amide bonds. The van der Waals surface area contributed by atoms with Crippen molar-refractivity contribution in [1.29, 1.82) is 5.26 Å². The number of nitrogens with zero attached hydrogens (tertiary/aromatic N) is 2. The van der Waals surface area contributed by atoms with Crippen molar-refractivity contribution in [3.63, 3.8) is 0 Å². The first-order chi connectivity index (χ1) is 16.3. The van der Waals surface area contributed by atoms with Crippen LogP contribution in [0.4, 0.5) is 0 Å². The Morgan fingerprint density at radius 3 is 2.56 bits per heavy atom. The molecule has 1 unspecified atom stereocenters. The maximum atomic E-state index is 12.6. The van der Waals surface area contributed by atoms with Gasteiger partial charge >= 0.3 is 5.97 Å². The van der Waals surface area contributed by atoms with Crippen LogP contribution >= 0.6 is 30.1 Å². The van der Waals surface area contributed by atoms with Crippen molar-refractivity contribution in [2.24, 2.45) is 0 Å². The van der Waals surface area contributed by atoms with E-state index in [-0.39, 0.29) is 12.6 Å². The second-order valence-electron chi connectivity index (χ2n) is 7.97. The average Bonchev–Trinajstić information content (AvgIpc) is 3.20. The van der Waals surface area contributed by atoms with Gasteiger partial charge in [-0.25, -0.2) is 4.79 Å². The standard InChI is InChI=1S/C24H33IN2O6S/c1-7-32-27(33-8-2)24(5,15-26)13-16(3)9-10-18-21(29-6)17(4)19-14-31-23(28)20(19)22(18)30-11-12-34-25/h9H,7-8,10-14H2,1-6H3/b16-9+. The number of carbonyl (C=O) groups excluding carboxylic acids is 1. The zero-order valence-electron chi connectivity index (χ0n) is 20.7. The van der Waals surface area contributed by atoms with Gasteiger partial charge in [0.05, 0.1) is 33.0 Å². The molecule has 0 saturated heterocycles. The van der Waals surface area contributed by atoms with Gasteiger partial charge in [0.25, 0.3) is 0 Å². The summed E-state index contributed by atoms with van der Waals surface area (Å²) in [6, 6.07) is 2.32. The highest BCUT2D eigenvalue weighted by atomic mass is 127. The Hall–Kier alpha value is -1.52. The van der Waals surface area contributed by atoms with Crippen LogP contribution in [-0.4, -0.2) is 49.4 Å². The second-order valence-corrected chi connectivity index (χ2v) is 10.5. The smallest absolute Gasteiger partial charge is 0.342 e. The first kappa shape index (κ1) is 28.7. The van der Waals surface area contributed by atoms with Crippen LogP contribution in [0.5, 0.6) is 11.5 Å². The number of cyclic esters (lactones) is 1. The van der Waals surface area contributed by atoms with E-state index in [2.05, 4.69) is 27.3 Å². The first-order valence-electron chi connectivity index (χ1n) is 11.2. The van der Waals surface area contributed by atoms with Crippen LogP contribution in [0.2, 0.25) is 0 Å². The highest BCUT2D eigenvalue weighted by molar-refractivity contribution is 14.2. The number of halogens is 1. The Morgan fingerprint density at radius 2 is 2.00 bits per heavy atom. The number of methoxy groups -OCH3 is 1. The molecule has 1 heterocycles. The molecule has 1 aliphatic rings. The van der Waals surface area contributed by atoms with E-state index < -0.39 is 5.54 Å². The lowest BCUT2D eigenvalue weighted by Crippen LogP contribution is -2.45. The molecule has 8 nitrogen and oxygen atoms in total. The number of esters is 1. The Bertz CT molecular complexity index is 943. The van der Waals surface area contributed by atoms with Crippen molar-refractivity contribution >= 4 is 36.1 Å². The minimum Gasteiger partial charge on any atom is -0.496 e. The van der Waals surface area contributed by atoms with Crippen LogP contribution in [-0.2, 0) is 27.4 Å². The van der Waals surface area contributed by atoms with Crippen LogP contribution < -0.4 is 9.47 Å². The number of fused-ring (bicyclic) bond motifs is 1. The third-order valence-electron chi connectivity index (χ3n) is 5.45. The summed E-state index contributed by atoms with van der Waals surface area (Å²) in [7, 11) is 3.25. The van der Waals surface area contributed by atoms with Crippen LogP contribution in [0.3, 0.4) is 0 Å². The predicted molar refractivity (Wildman–Crippen MR) is 140 cm³/mol. The van der Waals surface area contributed by atoms with Gasteiger partial charge in [-0.15, -0.1) is 0 Å². The van der Waals surface area contributed by atoms with Crippen molar-refractivity contribution in [3.05, 3.63) is 33.9 Å². The first-order valence-corrected chi connectivity index (χ1v) is 14.7. The Kier molecular flexibility index (Phi) is 11.4. The molecule has 1 aromatic carbocycles. The van der Waals surface area contributed by atoms with Gasteiger partial charge < -0.3 is 14.2 Å². The fourth-order valence-corrected chi connectivity index (χ4v) is 4.62. The maximum Gasteiger partial charge on any atom is 0.342 e. The number of ether oxygens (including phenoxy) is 3. The molecule has 1 aromatic rings. The van der Waals surface area contributed by atoms with Gasteiger partial charge in [-0.05, 0) is 73.0 Å². The highest BCUT2D eigenvalue weighted by Gasteiger charge is 2.35. The summed E-state index contributed by atoms with van der Waals surface area (Å²) in [6.07, 6.45) is 2.89. The Balaban J connectivity index is 2.43. The summed E-state index contributed by atoms with van der Waals surface area (Å²) < 4.78 is 17.2. The lowest BCUT2D eigenvalue weighted by Gasteiger charge is -2.33. The van der Waals surface area contributed by atoms with Gasteiger partial charge in [-0.1, -0.05) is 20.6 Å². The van der Waals surface area contributed by atoms with E-state index in [0.29, 0.717) is 49.7 Å². The van der Waals surface area contributed by atoms with Crippen molar-refractivity contribution in [1.82, 2.24) is 5.23 Å². The third kappa shape index (κ3) is 6.57. The maximum absolute atomic E-state index is 12.6. The van der Waals surface area contributed by atoms with Gasteiger partial charge in [0.2, 0.25) is 0 Å². The van der Waals surface area contributed by atoms with Gasteiger partial charge in [0, 0.05) is 23.3 Å². The summed E-state index contributed by atoms with van der Waals surface area (Å²) in [5.41, 5.74) is 2.92. The van der Waals surface area contributed by atoms with E-state index in [9.17, 15) is 10.1 Å². The molecule has 0 aromatic heterocycles. The monoisotopic (exact) mass is 604 g/mol. The SMILES string of the molecule is CCON(OCC)C(C)(C#N)C/C(C)=C/Cc1c(OC)c(C)c2c(c1OCCSI)C(=O)OC2. The van der Waals surface area contributed by atoms with E-state index in [1.165, 1.54) is 5.23 Å². The average molecular weight is 605 g/mol. The number of nitriles is 1. The number of hydrogen-bond donors (Lipinski definition) is 0. The van der Waals surface area contributed by atoms with Gasteiger partial charge in [0.1, 0.15) is 23.7 Å². The molecule has 34 heavy (non-hydrogen) atoms. The van der Waals surface area contributed by atoms with E-state index in [0.717, 1.165) is 28.0 Å². The van der Waals surface area contributed by atoms with Gasteiger partial charge in [-0.3, -0.25) is 9.68 Å². The molecule has 0 spiro atoms. The van der Waals surface area contributed by atoms with E-state index in [1.807, 2.05) is 33.8 Å². The summed E-state index contributed by atoms with van der Waals surface area (Å²) in [4.78, 5) is 23.7. The minimum absolute atomic E-state index is 0.216. The summed E-state index contributed by atoms with van der Waals surface area (Å²) in [5.74, 6) is 1.61. The number of benzene rings is 1. The minimum atomic E-state index is -1.01. The van der Waals surface area contributed by atoms with E-state index in [4.69, 9.17) is 23.9 Å². The van der Waals surface area contributed by atoms with Crippen LogP contribution in [0.1, 0.15) is 61.2 Å². The molecule has 188 valence electrons. The third-order valence-corrected chi connectivity index (χ3v) is 7.09. The summed E-state index contributed by atoms with van der Waals surface area (Å²) in [5, 5.41) is 11.2. The Morgan fingerprint density at radius 1 is 1.32 bits per heavy atom. The number of carbonyl (C=O) groups is 1. The molecule has 2 rings (SSSR count). The van der Waals surface area contributed by atoms with Crippen LogP contribution in [0, 0.1) is 18.3 Å². The quantitative estimate of drug-likeness (QED) is 0.0898. The van der Waals surface area contributed by atoms with E-state index >= 15 is 0 Å². The van der Waals surface area contributed by atoms with Crippen LogP contribution in [0.25, 0.3) is 0 Å². The lowest BCUT2D eigenvalue weighted by molar-refractivity contribution is -0.397. The van der Waals surface area contributed by atoms with Crippen molar-refractivity contribution in [2.45, 2.75) is 59.6 Å². The number of hydrogen-bond acceptors (Lipinski definition) is 9. The number of allylic oxidation sites excluding steroid dienone is 1. The largest absolute Gasteiger partial charge is 0.496 e. The van der Waals surface area contributed by atoms with Crippen LogP contribution in [0.15, 0.2) is 11.6 Å². The molecule has 10 heteroatoms. The molecule has 0 aliphatic carbocycles. The number of hydroxylamine groups is 2. The molecular weight excluding hydrogens is 571 g/mol. The molecule has 0 bridgehead atoms. The number of rotatable bonds is 14.